The molecule has 12 heteroatoms. The number of ether oxygens (including phenoxy) is 1. The van der Waals surface area contributed by atoms with Gasteiger partial charge in [-0.3, -0.25) is 4.98 Å². The van der Waals surface area contributed by atoms with E-state index < -0.39 is 27.1 Å². The van der Waals surface area contributed by atoms with Crippen LogP contribution in [0.15, 0.2) is 53.6 Å². The van der Waals surface area contributed by atoms with Gasteiger partial charge in [0.05, 0.1) is 24.0 Å². The number of allylic oxidation sites excluding steroid dienone is 4. The summed E-state index contributed by atoms with van der Waals surface area (Å²) in [6.07, 6.45) is 1.65. The first-order chi connectivity index (χ1) is 15.6. The molecular formula is C21H16F3N5O3S. The lowest BCUT2D eigenvalue weighted by atomic mass is 10.1. The average molecular weight is 475 g/mol. The highest BCUT2D eigenvalue weighted by Crippen LogP contribution is 2.37. The summed E-state index contributed by atoms with van der Waals surface area (Å²) >= 11 is 0. The first kappa shape index (κ1) is 22.5. The topological polar surface area (TPSA) is 110 Å². The Morgan fingerprint density at radius 3 is 2.48 bits per heavy atom. The Labute approximate surface area is 186 Å². The molecule has 0 saturated heterocycles. The Morgan fingerprint density at radius 2 is 1.97 bits per heavy atom. The molecule has 3 aromatic rings. The third kappa shape index (κ3) is 3.96. The number of alkyl halides is 3. The minimum atomic E-state index is -4.73. The summed E-state index contributed by atoms with van der Waals surface area (Å²) in [5.41, 5.74) is 2.53. The first-order valence-electron chi connectivity index (χ1n) is 9.50. The molecule has 33 heavy (non-hydrogen) atoms. The summed E-state index contributed by atoms with van der Waals surface area (Å²) in [5.74, 6) is 0.306. The summed E-state index contributed by atoms with van der Waals surface area (Å²) in [6, 6.07) is 5.69. The number of hydrogen-bond donors (Lipinski definition) is 1. The molecular weight excluding hydrogens is 459 g/mol. The SMILES string of the molecule is COc1ccc2c(n1)c(C#N)c(-c1ccc(S(=O)(=O)N[C@@H](C)C(F)(F)F)cn1)n2C1=CC=C1. The van der Waals surface area contributed by atoms with E-state index in [0.29, 0.717) is 29.5 Å². The van der Waals surface area contributed by atoms with Crippen molar-refractivity contribution in [1.82, 2.24) is 19.3 Å². The zero-order valence-corrected chi connectivity index (χ0v) is 18.1. The minimum absolute atomic E-state index is 0.192. The van der Waals surface area contributed by atoms with Crippen LogP contribution in [0.4, 0.5) is 13.2 Å². The predicted molar refractivity (Wildman–Crippen MR) is 113 cm³/mol. The first-order valence-corrected chi connectivity index (χ1v) is 11.0. The van der Waals surface area contributed by atoms with E-state index in [1.54, 1.807) is 21.4 Å². The van der Waals surface area contributed by atoms with Gasteiger partial charge in [-0.05, 0) is 37.3 Å². The molecule has 4 rings (SSSR count). The Bertz CT molecular complexity index is 1450. The molecule has 0 saturated carbocycles. The van der Waals surface area contributed by atoms with Gasteiger partial charge in [0, 0.05) is 18.0 Å². The van der Waals surface area contributed by atoms with E-state index >= 15 is 0 Å². The highest BCUT2D eigenvalue weighted by molar-refractivity contribution is 7.89. The quantitative estimate of drug-likeness (QED) is 0.583. The lowest BCUT2D eigenvalue weighted by Gasteiger charge is -2.17. The van der Waals surface area contributed by atoms with E-state index in [1.807, 2.05) is 18.2 Å². The maximum Gasteiger partial charge on any atom is 0.404 e. The third-order valence-electron chi connectivity index (χ3n) is 5.01. The molecule has 1 atom stereocenters. The molecule has 0 aromatic carbocycles. The Morgan fingerprint density at radius 1 is 1.24 bits per heavy atom. The molecule has 0 spiro atoms. The van der Waals surface area contributed by atoms with Gasteiger partial charge in [-0.2, -0.15) is 23.2 Å². The van der Waals surface area contributed by atoms with E-state index in [9.17, 15) is 26.9 Å². The highest BCUT2D eigenvalue weighted by Gasteiger charge is 2.39. The smallest absolute Gasteiger partial charge is 0.404 e. The van der Waals surface area contributed by atoms with Crippen LogP contribution in [0.25, 0.3) is 28.1 Å². The number of fused-ring (bicyclic) bond motifs is 1. The second kappa shape index (κ2) is 8.02. The van der Waals surface area contributed by atoms with Gasteiger partial charge in [0.25, 0.3) is 0 Å². The molecule has 170 valence electrons. The van der Waals surface area contributed by atoms with Crippen LogP contribution in [0.2, 0.25) is 0 Å². The van der Waals surface area contributed by atoms with Crippen LogP contribution >= 0.6 is 0 Å². The van der Waals surface area contributed by atoms with Crippen molar-refractivity contribution in [2.75, 3.05) is 7.11 Å². The second-order valence-electron chi connectivity index (χ2n) is 7.11. The number of methoxy groups -OCH3 is 1. The van der Waals surface area contributed by atoms with E-state index in [1.165, 1.54) is 13.2 Å². The molecule has 0 radical (unpaired) electrons. The lowest BCUT2D eigenvalue weighted by molar-refractivity contribution is -0.147. The Balaban J connectivity index is 1.82. The van der Waals surface area contributed by atoms with Crippen molar-refractivity contribution in [2.24, 2.45) is 0 Å². The summed E-state index contributed by atoms with van der Waals surface area (Å²) in [6.45, 7) is 0.706. The van der Waals surface area contributed by atoms with Crippen molar-refractivity contribution < 1.29 is 26.3 Å². The molecule has 1 N–H and O–H groups in total. The molecule has 0 unspecified atom stereocenters. The number of aromatic nitrogens is 3. The average Bonchev–Trinajstić information content (AvgIpc) is 3.04. The second-order valence-corrected chi connectivity index (χ2v) is 8.82. The van der Waals surface area contributed by atoms with Crippen molar-refractivity contribution in [2.45, 2.75) is 24.0 Å². The van der Waals surface area contributed by atoms with Gasteiger partial charge >= 0.3 is 6.18 Å². The molecule has 3 aromatic heterocycles. The van der Waals surface area contributed by atoms with Crippen LogP contribution in [0, 0.1) is 11.3 Å². The molecule has 8 nitrogen and oxygen atoms in total. The monoisotopic (exact) mass is 475 g/mol. The normalized spacial score (nSPS) is 14.5. The number of rotatable bonds is 6. The molecule has 1 aliphatic carbocycles. The molecule has 3 heterocycles. The van der Waals surface area contributed by atoms with Gasteiger partial charge in [0.2, 0.25) is 15.9 Å². The molecule has 0 amide bonds. The van der Waals surface area contributed by atoms with Crippen LogP contribution in [-0.2, 0) is 10.0 Å². The van der Waals surface area contributed by atoms with Gasteiger partial charge in [-0.15, -0.1) is 0 Å². The van der Waals surface area contributed by atoms with Gasteiger partial charge < -0.3 is 9.30 Å². The Hall–Kier alpha value is -3.69. The third-order valence-corrected chi connectivity index (χ3v) is 6.54. The maximum absolute atomic E-state index is 12.8. The number of nitrogens with zero attached hydrogens (tertiary/aromatic N) is 4. The largest absolute Gasteiger partial charge is 0.481 e. The van der Waals surface area contributed by atoms with Gasteiger partial charge in [0.1, 0.15) is 28.1 Å². The van der Waals surface area contributed by atoms with Crippen LogP contribution in [0.3, 0.4) is 0 Å². The number of nitriles is 1. The van der Waals surface area contributed by atoms with Crippen molar-refractivity contribution in [1.29, 1.82) is 5.26 Å². The summed E-state index contributed by atoms with van der Waals surface area (Å²) in [7, 11) is -3.02. The van der Waals surface area contributed by atoms with E-state index in [4.69, 9.17) is 4.74 Å². The van der Waals surface area contributed by atoms with Crippen molar-refractivity contribution in [3.8, 4) is 23.3 Å². The fraction of sp³-hybridized carbons (Fsp3) is 0.190. The molecule has 0 fully saturated rings. The number of nitrogens with one attached hydrogen (secondary N) is 1. The van der Waals surface area contributed by atoms with Crippen molar-refractivity contribution in [3.63, 3.8) is 0 Å². The molecule has 1 aliphatic rings. The van der Waals surface area contributed by atoms with Gasteiger partial charge in [0.15, 0.2) is 0 Å². The predicted octanol–water partition coefficient (Wildman–Crippen LogP) is 3.62. The van der Waals surface area contributed by atoms with E-state index in [2.05, 4.69) is 16.0 Å². The summed E-state index contributed by atoms with van der Waals surface area (Å²) in [5, 5.41) is 9.86. The van der Waals surface area contributed by atoms with Crippen LogP contribution in [0.1, 0.15) is 12.5 Å². The van der Waals surface area contributed by atoms with E-state index in [0.717, 1.165) is 18.0 Å². The van der Waals surface area contributed by atoms with Crippen LogP contribution < -0.4 is 9.46 Å². The standard InChI is InChI=1S/C21H16F3N5O3S/c1-12(21(22,23)24)28-33(30,31)14-6-7-16(26-11-14)20-15(10-25)19-17(8-9-18(27-19)32-2)29(20)13-4-3-5-13/h3-9,11-12,28H,1-2H3/t12-/m0/s1. The molecule has 0 bridgehead atoms. The minimum Gasteiger partial charge on any atom is -0.481 e. The Kier molecular flexibility index (Phi) is 5.47. The highest BCUT2D eigenvalue weighted by atomic mass is 32.2. The zero-order valence-electron chi connectivity index (χ0n) is 17.3. The number of hydrogen-bond acceptors (Lipinski definition) is 6. The number of halogens is 3. The summed E-state index contributed by atoms with van der Waals surface area (Å²) in [4.78, 5) is 8.08. The van der Waals surface area contributed by atoms with Crippen LogP contribution in [-0.4, -0.2) is 42.3 Å². The van der Waals surface area contributed by atoms with Crippen LogP contribution in [0.5, 0.6) is 5.88 Å². The fourth-order valence-electron chi connectivity index (χ4n) is 3.25. The van der Waals surface area contributed by atoms with Crippen molar-refractivity contribution in [3.05, 3.63) is 54.3 Å². The molecule has 0 aliphatic heterocycles. The maximum atomic E-state index is 12.8. The zero-order chi connectivity index (χ0) is 24.0. The van der Waals surface area contributed by atoms with E-state index in [-0.39, 0.29) is 11.3 Å². The lowest BCUT2D eigenvalue weighted by Crippen LogP contribution is -2.42. The summed E-state index contributed by atoms with van der Waals surface area (Å²) < 4.78 is 71.5. The fourth-order valence-corrected chi connectivity index (χ4v) is 4.43. The van der Waals surface area contributed by atoms with Gasteiger partial charge in [-0.25, -0.2) is 13.4 Å². The van der Waals surface area contributed by atoms with Gasteiger partial charge in [-0.1, -0.05) is 6.08 Å². The van der Waals surface area contributed by atoms with Crippen molar-refractivity contribution >= 4 is 26.8 Å². The number of pyridine rings is 2. The number of sulfonamides is 1.